The molecule has 0 bridgehead atoms. The summed E-state index contributed by atoms with van der Waals surface area (Å²) in [7, 11) is 0. The van der Waals surface area contributed by atoms with Crippen LogP contribution in [0.1, 0.15) is 5.56 Å². The number of hydrogen-bond acceptors (Lipinski definition) is 6. The zero-order chi connectivity index (χ0) is 17.6. The van der Waals surface area contributed by atoms with Gasteiger partial charge in [0.2, 0.25) is 0 Å². The molecule has 0 saturated carbocycles. The van der Waals surface area contributed by atoms with E-state index in [0.29, 0.717) is 10.2 Å². The van der Waals surface area contributed by atoms with Crippen LogP contribution in [0.25, 0.3) is 21.3 Å². The Labute approximate surface area is 148 Å². The lowest BCUT2D eigenvalue weighted by Crippen LogP contribution is -2.59. The van der Waals surface area contributed by atoms with Crippen molar-refractivity contribution in [3.05, 3.63) is 51.9 Å². The van der Waals surface area contributed by atoms with E-state index in [-0.39, 0.29) is 25.3 Å². The summed E-state index contributed by atoms with van der Waals surface area (Å²) in [5, 5.41) is 22.9. The Bertz CT molecular complexity index is 973. The molecule has 130 valence electrons. The van der Waals surface area contributed by atoms with Crippen LogP contribution in [0.5, 0.6) is 0 Å². The van der Waals surface area contributed by atoms with E-state index in [1.807, 2.05) is 36.6 Å². The van der Waals surface area contributed by atoms with Gasteiger partial charge in [-0.3, -0.25) is 9.36 Å². The summed E-state index contributed by atoms with van der Waals surface area (Å²) in [4.78, 5) is 17.9. The van der Waals surface area contributed by atoms with Crippen LogP contribution >= 0.6 is 11.3 Å². The quantitative estimate of drug-likeness (QED) is 0.739. The van der Waals surface area contributed by atoms with Crippen LogP contribution in [0, 0.1) is 6.92 Å². The van der Waals surface area contributed by atoms with Crippen LogP contribution < -0.4 is 5.56 Å². The Balaban J connectivity index is 1.75. The van der Waals surface area contributed by atoms with Crippen LogP contribution in [0.4, 0.5) is 0 Å². The normalized spacial score (nSPS) is 17.4. The predicted molar refractivity (Wildman–Crippen MR) is 95.8 cm³/mol. The molecule has 0 amide bonds. The molecule has 7 heteroatoms. The van der Waals surface area contributed by atoms with E-state index in [2.05, 4.69) is 4.98 Å². The van der Waals surface area contributed by atoms with Gasteiger partial charge in [0.15, 0.2) is 0 Å². The smallest absolute Gasteiger partial charge is 0.262 e. The fraction of sp³-hybridized carbons (Fsp3) is 0.333. The molecule has 2 aromatic heterocycles. The third kappa shape index (κ3) is 2.79. The molecule has 2 N–H and O–H groups in total. The minimum absolute atomic E-state index is 0.0230. The predicted octanol–water partition coefficient (Wildman–Crippen LogP) is 1.56. The Morgan fingerprint density at radius 1 is 1.36 bits per heavy atom. The van der Waals surface area contributed by atoms with E-state index in [1.165, 1.54) is 22.2 Å². The first-order chi connectivity index (χ1) is 12.0. The number of aliphatic hydroxyl groups excluding tert-OH is 1. The van der Waals surface area contributed by atoms with Crippen LogP contribution in [0.3, 0.4) is 0 Å². The van der Waals surface area contributed by atoms with E-state index in [0.717, 1.165) is 16.7 Å². The molecule has 1 aromatic carbocycles. The van der Waals surface area contributed by atoms with Gasteiger partial charge in [-0.25, -0.2) is 4.98 Å². The molecule has 1 unspecified atom stereocenters. The van der Waals surface area contributed by atoms with Crippen molar-refractivity contribution in [2.45, 2.75) is 25.2 Å². The highest BCUT2D eigenvalue weighted by Gasteiger charge is 2.43. The Morgan fingerprint density at radius 2 is 2.08 bits per heavy atom. The number of benzene rings is 1. The van der Waals surface area contributed by atoms with E-state index < -0.39 is 11.7 Å². The topological polar surface area (TPSA) is 84.6 Å². The minimum Gasteiger partial charge on any atom is -0.388 e. The Hall–Kier alpha value is -2.06. The van der Waals surface area contributed by atoms with Crippen LogP contribution in [0.15, 0.2) is 40.8 Å². The maximum Gasteiger partial charge on any atom is 0.262 e. The van der Waals surface area contributed by atoms with Crippen LogP contribution in [-0.4, -0.2) is 44.7 Å². The number of aryl methyl sites for hydroxylation is 1. The largest absolute Gasteiger partial charge is 0.388 e. The molecule has 1 aliphatic rings. The van der Waals surface area contributed by atoms with E-state index in [9.17, 15) is 15.0 Å². The van der Waals surface area contributed by atoms with Gasteiger partial charge in [-0.2, -0.15) is 0 Å². The van der Waals surface area contributed by atoms with Gasteiger partial charge >= 0.3 is 0 Å². The second kappa shape index (κ2) is 6.03. The van der Waals surface area contributed by atoms with Crippen molar-refractivity contribution in [3.63, 3.8) is 0 Å². The lowest BCUT2D eigenvalue weighted by atomic mass is 9.94. The number of rotatable bonds is 4. The summed E-state index contributed by atoms with van der Waals surface area (Å²) in [6.07, 6.45) is 0.339. The molecule has 3 aromatic rings. The minimum atomic E-state index is -1.29. The molecule has 0 radical (unpaired) electrons. The van der Waals surface area contributed by atoms with Gasteiger partial charge < -0.3 is 14.9 Å². The highest BCUT2D eigenvalue weighted by atomic mass is 32.1. The molecule has 1 atom stereocenters. The fourth-order valence-electron chi connectivity index (χ4n) is 2.90. The molecule has 1 saturated heterocycles. The summed E-state index contributed by atoms with van der Waals surface area (Å²) >= 11 is 1.42. The highest BCUT2D eigenvalue weighted by molar-refractivity contribution is 7.17. The molecular formula is C18H18N2O4S. The molecule has 1 aliphatic heterocycles. The van der Waals surface area contributed by atoms with Gasteiger partial charge in [0, 0.05) is 10.9 Å². The summed E-state index contributed by atoms with van der Waals surface area (Å²) in [6, 6.07) is 7.97. The summed E-state index contributed by atoms with van der Waals surface area (Å²) in [5.41, 5.74) is 1.44. The highest BCUT2D eigenvalue weighted by Crippen LogP contribution is 2.31. The number of nitrogens with zero attached hydrogens (tertiary/aromatic N) is 2. The summed E-state index contributed by atoms with van der Waals surface area (Å²) in [6.45, 7) is 2.14. The Kier molecular flexibility index (Phi) is 3.96. The summed E-state index contributed by atoms with van der Waals surface area (Å²) in [5.74, 6) is 0. The molecule has 0 spiro atoms. The lowest BCUT2D eigenvalue weighted by Gasteiger charge is -2.40. The molecule has 4 rings (SSSR count). The number of aliphatic hydroxyl groups is 2. The zero-order valence-corrected chi connectivity index (χ0v) is 14.5. The number of hydrogen-bond donors (Lipinski definition) is 2. The first-order valence-electron chi connectivity index (χ1n) is 8.00. The van der Waals surface area contributed by atoms with Crippen molar-refractivity contribution in [1.82, 2.24) is 9.55 Å². The number of fused-ring (bicyclic) bond motifs is 1. The molecule has 3 heterocycles. The van der Waals surface area contributed by atoms with Crippen molar-refractivity contribution in [1.29, 1.82) is 0 Å². The van der Waals surface area contributed by atoms with E-state index >= 15 is 0 Å². The van der Waals surface area contributed by atoms with Crippen molar-refractivity contribution in [2.75, 3.05) is 13.2 Å². The van der Waals surface area contributed by atoms with Gasteiger partial charge in [-0.05, 0) is 12.5 Å². The Morgan fingerprint density at radius 3 is 2.72 bits per heavy atom. The third-order valence-electron chi connectivity index (χ3n) is 4.62. The number of ether oxygens (including phenoxy) is 1. The average molecular weight is 358 g/mol. The lowest BCUT2D eigenvalue weighted by molar-refractivity contribution is -0.228. The summed E-state index contributed by atoms with van der Waals surface area (Å²) < 4.78 is 6.31. The van der Waals surface area contributed by atoms with Crippen molar-refractivity contribution < 1.29 is 14.9 Å². The van der Waals surface area contributed by atoms with Gasteiger partial charge in [0.05, 0.1) is 31.5 Å². The van der Waals surface area contributed by atoms with Crippen molar-refractivity contribution in [3.8, 4) is 11.1 Å². The van der Waals surface area contributed by atoms with Crippen molar-refractivity contribution >= 4 is 21.6 Å². The monoisotopic (exact) mass is 358 g/mol. The van der Waals surface area contributed by atoms with Crippen molar-refractivity contribution in [2.24, 2.45) is 0 Å². The van der Waals surface area contributed by atoms with E-state index in [4.69, 9.17) is 4.74 Å². The average Bonchev–Trinajstić information content (AvgIpc) is 3.00. The first-order valence-corrected chi connectivity index (χ1v) is 8.88. The van der Waals surface area contributed by atoms with Gasteiger partial charge in [-0.1, -0.05) is 29.8 Å². The first kappa shape index (κ1) is 16.4. The van der Waals surface area contributed by atoms with Gasteiger partial charge in [0.25, 0.3) is 5.56 Å². The standard InChI is InChI=1S/C18H18N2O4S/c1-11-2-4-12(5-3-11)13-7-25-16-15(13)17(22)20(10-19-16)6-14(21)18(23)8-24-9-18/h2-5,7,10,14,21,23H,6,8-9H2,1H3. The SMILES string of the molecule is Cc1ccc(-c2csc3ncn(CC(O)C4(O)COC4)c(=O)c23)cc1. The van der Waals surface area contributed by atoms with Crippen LogP contribution in [-0.2, 0) is 11.3 Å². The molecule has 1 fully saturated rings. The van der Waals surface area contributed by atoms with Gasteiger partial charge in [-0.15, -0.1) is 11.3 Å². The zero-order valence-electron chi connectivity index (χ0n) is 13.7. The number of aromatic nitrogens is 2. The van der Waals surface area contributed by atoms with Gasteiger partial charge in [0.1, 0.15) is 16.5 Å². The fourth-order valence-corrected chi connectivity index (χ4v) is 3.81. The third-order valence-corrected chi connectivity index (χ3v) is 5.50. The second-order valence-electron chi connectivity index (χ2n) is 6.51. The maximum absolute atomic E-state index is 12.9. The number of thiophene rings is 1. The molecule has 25 heavy (non-hydrogen) atoms. The molecular weight excluding hydrogens is 340 g/mol. The maximum atomic E-state index is 12.9. The van der Waals surface area contributed by atoms with E-state index in [1.54, 1.807) is 0 Å². The van der Waals surface area contributed by atoms with Crippen LogP contribution in [0.2, 0.25) is 0 Å². The molecule has 0 aliphatic carbocycles. The molecule has 6 nitrogen and oxygen atoms in total. The second-order valence-corrected chi connectivity index (χ2v) is 7.37.